The van der Waals surface area contributed by atoms with Crippen LogP contribution in [0.25, 0.3) is 0 Å². The molecular formula is C12H23NO. The van der Waals surface area contributed by atoms with Gasteiger partial charge in [0.05, 0.1) is 0 Å². The molecule has 2 heteroatoms. The van der Waals surface area contributed by atoms with E-state index in [1.165, 1.54) is 58.0 Å². The van der Waals surface area contributed by atoms with Gasteiger partial charge in [0.15, 0.2) is 0 Å². The van der Waals surface area contributed by atoms with E-state index in [1.54, 1.807) is 0 Å². The standard InChI is InChI=1S/C12H23NO/c14-10-11-4-6-12(7-5-11)13-8-2-1-3-9-13/h11-12,14H,1-10H2. The van der Waals surface area contributed by atoms with E-state index >= 15 is 0 Å². The zero-order valence-corrected chi connectivity index (χ0v) is 9.12. The maximum Gasteiger partial charge on any atom is 0.0459 e. The number of rotatable bonds is 2. The van der Waals surface area contributed by atoms with E-state index in [0.717, 1.165) is 6.04 Å². The Morgan fingerprint density at radius 3 is 2.14 bits per heavy atom. The predicted molar refractivity (Wildman–Crippen MR) is 58.3 cm³/mol. The lowest BCUT2D eigenvalue weighted by Crippen LogP contribution is -2.41. The molecule has 1 saturated heterocycles. The second-order valence-corrected chi connectivity index (χ2v) is 4.95. The van der Waals surface area contributed by atoms with Crippen molar-refractivity contribution >= 4 is 0 Å². The molecule has 0 amide bonds. The highest BCUT2D eigenvalue weighted by Gasteiger charge is 2.25. The quantitative estimate of drug-likeness (QED) is 0.732. The van der Waals surface area contributed by atoms with Gasteiger partial charge in [-0.3, -0.25) is 0 Å². The van der Waals surface area contributed by atoms with Crippen molar-refractivity contribution in [3.63, 3.8) is 0 Å². The average Bonchev–Trinajstić information content (AvgIpc) is 2.30. The number of aliphatic hydroxyl groups is 1. The minimum absolute atomic E-state index is 0.409. The molecule has 1 heterocycles. The third-order valence-electron chi connectivity index (χ3n) is 3.98. The summed E-state index contributed by atoms with van der Waals surface area (Å²) in [6, 6.07) is 0.845. The molecule has 1 aliphatic heterocycles. The number of aliphatic hydroxyl groups excluding tert-OH is 1. The smallest absolute Gasteiger partial charge is 0.0459 e. The normalized spacial score (nSPS) is 35.8. The second-order valence-electron chi connectivity index (χ2n) is 4.95. The van der Waals surface area contributed by atoms with E-state index in [9.17, 15) is 0 Å². The van der Waals surface area contributed by atoms with E-state index in [4.69, 9.17) is 5.11 Å². The summed E-state index contributed by atoms with van der Waals surface area (Å²) in [5.74, 6) is 0.607. The maximum absolute atomic E-state index is 9.07. The van der Waals surface area contributed by atoms with Crippen LogP contribution in [0.1, 0.15) is 44.9 Å². The van der Waals surface area contributed by atoms with Gasteiger partial charge >= 0.3 is 0 Å². The molecule has 1 saturated carbocycles. The number of hydrogen-bond acceptors (Lipinski definition) is 2. The predicted octanol–water partition coefficient (Wildman–Crippen LogP) is 2.02. The largest absolute Gasteiger partial charge is 0.396 e. The van der Waals surface area contributed by atoms with Gasteiger partial charge in [0.1, 0.15) is 0 Å². The molecule has 0 bridgehead atoms. The van der Waals surface area contributed by atoms with E-state index in [-0.39, 0.29) is 0 Å². The Hall–Kier alpha value is -0.0800. The topological polar surface area (TPSA) is 23.5 Å². The highest BCUT2D eigenvalue weighted by Crippen LogP contribution is 2.28. The highest BCUT2D eigenvalue weighted by molar-refractivity contribution is 4.80. The van der Waals surface area contributed by atoms with Crippen LogP contribution in [0.3, 0.4) is 0 Å². The minimum atomic E-state index is 0.409. The van der Waals surface area contributed by atoms with E-state index in [0.29, 0.717) is 12.5 Å². The zero-order chi connectivity index (χ0) is 9.80. The van der Waals surface area contributed by atoms with Gasteiger partial charge in [0.25, 0.3) is 0 Å². The summed E-state index contributed by atoms with van der Waals surface area (Å²) < 4.78 is 0. The van der Waals surface area contributed by atoms with Crippen LogP contribution in [0.2, 0.25) is 0 Å². The molecule has 2 fully saturated rings. The van der Waals surface area contributed by atoms with Gasteiger partial charge in [-0.2, -0.15) is 0 Å². The molecule has 2 nitrogen and oxygen atoms in total. The Bertz CT molecular complexity index is 158. The molecule has 0 radical (unpaired) electrons. The van der Waals surface area contributed by atoms with Crippen LogP contribution in [0.5, 0.6) is 0 Å². The molecule has 82 valence electrons. The molecule has 1 N–H and O–H groups in total. The summed E-state index contributed by atoms with van der Waals surface area (Å²) in [7, 11) is 0. The van der Waals surface area contributed by atoms with Gasteiger partial charge < -0.3 is 10.0 Å². The van der Waals surface area contributed by atoms with Crippen molar-refractivity contribution in [3.05, 3.63) is 0 Å². The van der Waals surface area contributed by atoms with Crippen molar-refractivity contribution in [1.82, 2.24) is 4.90 Å². The number of nitrogens with zero attached hydrogens (tertiary/aromatic N) is 1. The molecule has 0 unspecified atom stereocenters. The second kappa shape index (κ2) is 5.13. The fourth-order valence-electron chi connectivity index (χ4n) is 2.98. The third kappa shape index (κ3) is 2.48. The molecule has 2 aliphatic rings. The molecule has 0 spiro atoms. The van der Waals surface area contributed by atoms with Gasteiger partial charge in [0, 0.05) is 12.6 Å². The number of hydrogen-bond donors (Lipinski definition) is 1. The van der Waals surface area contributed by atoms with Crippen molar-refractivity contribution in [3.8, 4) is 0 Å². The van der Waals surface area contributed by atoms with E-state index < -0.39 is 0 Å². The average molecular weight is 197 g/mol. The first-order valence-corrected chi connectivity index (χ1v) is 6.25. The molecule has 0 aromatic carbocycles. The Kier molecular flexibility index (Phi) is 3.82. The van der Waals surface area contributed by atoms with Crippen LogP contribution in [-0.2, 0) is 0 Å². The Morgan fingerprint density at radius 2 is 1.57 bits per heavy atom. The first-order chi connectivity index (χ1) is 6.90. The van der Waals surface area contributed by atoms with E-state index in [1.807, 2.05) is 0 Å². The van der Waals surface area contributed by atoms with Crippen molar-refractivity contribution in [2.24, 2.45) is 5.92 Å². The molecule has 0 aromatic rings. The monoisotopic (exact) mass is 197 g/mol. The molecule has 14 heavy (non-hydrogen) atoms. The summed E-state index contributed by atoms with van der Waals surface area (Å²) in [6.45, 7) is 3.07. The zero-order valence-electron chi connectivity index (χ0n) is 9.12. The first-order valence-electron chi connectivity index (χ1n) is 6.25. The van der Waals surface area contributed by atoms with Crippen molar-refractivity contribution < 1.29 is 5.11 Å². The fourth-order valence-corrected chi connectivity index (χ4v) is 2.98. The van der Waals surface area contributed by atoms with Gasteiger partial charge in [0.2, 0.25) is 0 Å². The molecule has 0 aromatic heterocycles. The minimum Gasteiger partial charge on any atom is -0.396 e. The lowest BCUT2D eigenvalue weighted by atomic mass is 9.85. The summed E-state index contributed by atoms with van der Waals surface area (Å²) in [6.07, 6.45) is 9.38. The highest BCUT2D eigenvalue weighted by atomic mass is 16.3. The number of likely N-dealkylation sites (tertiary alicyclic amines) is 1. The van der Waals surface area contributed by atoms with Gasteiger partial charge in [-0.15, -0.1) is 0 Å². The first kappa shape index (κ1) is 10.4. The van der Waals surface area contributed by atoms with E-state index in [2.05, 4.69) is 4.90 Å². The Morgan fingerprint density at radius 1 is 0.929 bits per heavy atom. The summed E-state index contributed by atoms with van der Waals surface area (Å²) in [5.41, 5.74) is 0. The lowest BCUT2D eigenvalue weighted by molar-refractivity contribution is 0.0958. The maximum atomic E-state index is 9.07. The summed E-state index contributed by atoms with van der Waals surface area (Å²) in [5, 5.41) is 9.07. The number of piperidine rings is 1. The third-order valence-corrected chi connectivity index (χ3v) is 3.98. The van der Waals surface area contributed by atoms with Crippen LogP contribution in [0.4, 0.5) is 0 Å². The van der Waals surface area contributed by atoms with Gasteiger partial charge in [-0.25, -0.2) is 0 Å². The molecule has 0 atom stereocenters. The summed E-state index contributed by atoms with van der Waals surface area (Å²) in [4.78, 5) is 2.69. The Balaban J connectivity index is 1.76. The van der Waals surface area contributed by atoms with Crippen LogP contribution in [-0.4, -0.2) is 35.7 Å². The fraction of sp³-hybridized carbons (Fsp3) is 1.00. The summed E-state index contributed by atoms with van der Waals surface area (Å²) >= 11 is 0. The Labute approximate surface area is 87.3 Å². The SMILES string of the molecule is OCC1CCC(N2CCCCC2)CC1. The lowest BCUT2D eigenvalue weighted by Gasteiger charge is -2.38. The molecule has 1 aliphatic carbocycles. The molecule has 2 rings (SSSR count). The van der Waals surface area contributed by atoms with Crippen LogP contribution in [0.15, 0.2) is 0 Å². The van der Waals surface area contributed by atoms with Crippen molar-refractivity contribution in [2.45, 2.75) is 51.0 Å². The van der Waals surface area contributed by atoms with Crippen molar-refractivity contribution in [1.29, 1.82) is 0 Å². The van der Waals surface area contributed by atoms with Gasteiger partial charge in [-0.1, -0.05) is 6.42 Å². The van der Waals surface area contributed by atoms with Crippen LogP contribution >= 0.6 is 0 Å². The van der Waals surface area contributed by atoms with Crippen LogP contribution in [0, 0.1) is 5.92 Å². The molecular weight excluding hydrogens is 174 g/mol. The van der Waals surface area contributed by atoms with Crippen LogP contribution < -0.4 is 0 Å². The van der Waals surface area contributed by atoms with Gasteiger partial charge in [-0.05, 0) is 57.5 Å². The van der Waals surface area contributed by atoms with Crippen molar-refractivity contribution in [2.75, 3.05) is 19.7 Å².